The second-order valence-electron chi connectivity index (χ2n) is 18.1. The fraction of sp³-hybridized carbons (Fsp3) is 0.310. The summed E-state index contributed by atoms with van der Waals surface area (Å²) in [5.74, 6) is -0.140. The fourth-order valence-electron chi connectivity index (χ4n) is 10.1. The highest BCUT2D eigenvalue weighted by Crippen LogP contribution is 2.43. The third kappa shape index (κ3) is 10.2. The van der Waals surface area contributed by atoms with Crippen LogP contribution in [0.4, 0.5) is 47.3 Å². The number of hydrogen-bond acceptors (Lipinski definition) is 3. The van der Waals surface area contributed by atoms with Crippen LogP contribution in [0.15, 0.2) is 121 Å². The van der Waals surface area contributed by atoms with Crippen LogP contribution in [-0.2, 0) is 0 Å². The molecule has 0 amide bonds. The summed E-state index contributed by atoms with van der Waals surface area (Å²) in [6.07, 6.45) is -2.87. The standard InChI is InChI=1S/C58H64F3N3/c1-11-12-29-63(56-42(7)33-38(3)34-43(56)8)48-22-18-46(19-23-48)54(52-26-27-53(51-17-14-13-16-50(51)52)62-55-40(5)31-37(2)32-41(55)6)47-20-24-49(25-21-47)64(30-15-28-58(59,60)61)57-44(9)35-39(4)36-45(57)10/h13-14,16-27,31-36,54,62H,11-12,15,28-30H2,1-10H3. The molecule has 6 heteroatoms. The Labute approximate surface area is 380 Å². The first-order valence-corrected chi connectivity index (χ1v) is 22.9. The SMILES string of the molecule is CCCCN(c1ccc(C(c2ccc(N(CCCC(F)(F)F)c3c(C)cc(C)cc3C)cc2)c2ccc(Nc3c(C)cc(C)cc3C)c3ccccc23)cc1)c1c(C)cc(C)cc1C. The molecule has 7 aromatic carbocycles. The quantitative estimate of drug-likeness (QED) is 0.104. The maximum absolute atomic E-state index is 13.5. The van der Waals surface area contributed by atoms with Gasteiger partial charge in [0.2, 0.25) is 0 Å². The molecule has 3 nitrogen and oxygen atoms in total. The summed E-state index contributed by atoms with van der Waals surface area (Å²) >= 11 is 0. The van der Waals surface area contributed by atoms with E-state index in [4.69, 9.17) is 0 Å². The third-order valence-electron chi connectivity index (χ3n) is 12.7. The van der Waals surface area contributed by atoms with Gasteiger partial charge in [0.15, 0.2) is 0 Å². The van der Waals surface area contributed by atoms with Gasteiger partial charge < -0.3 is 15.1 Å². The number of nitrogens with one attached hydrogen (secondary N) is 1. The summed E-state index contributed by atoms with van der Waals surface area (Å²) in [4.78, 5) is 4.56. The van der Waals surface area contributed by atoms with E-state index in [0.717, 1.165) is 86.4 Å². The van der Waals surface area contributed by atoms with Crippen LogP contribution < -0.4 is 15.1 Å². The van der Waals surface area contributed by atoms with Crippen molar-refractivity contribution in [2.45, 2.75) is 107 Å². The van der Waals surface area contributed by atoms with Crippen molar-refractivity contribution in [3.05, 3.63) is 188 Å². The number of unbranched alkanes of at least 4 members (excludes halogenated alkanes) is 1. The summed E-state index contributed by atoms with van der Waals surface area (Å²) in [5.41, 5.74) is 20.6. The number of aryl methyl sites for hydroxylation is 9. The monoisotopic (exact) mass is 860 g/mol. The molecule has 0 fully saturated rings. The van der Waals surface area contributed by atoms with Gasteiger partial charge in [-0.15, -0.1) is 0 Å². The first-order chi connectivity index (χ1) is 30.5. The van der Waals surface area contributed by atoms with E-state index in [0.29, 0.717) is 0 Å². The summed E-state index contributed by atoms with van der Waals surface area (Å²) in [6.45, 7) is 22.6. The number of anilines is 6. The lowest BCUT2D eigenvalue weighted by Gasteiger charge is -2.30. The highest BCUT2D eigenvalue weighted by atomic mass is 19.4. The Morgan fingerprint density at radius 2 is 0.922 bits per heavy atom. The van der Waals surface area contributed by atoms with Gasteiger partial charge in [-0.25, -0.2) is 0 Å². The van der Waals surface area contributed by atoms with E-state index in [1.807, 2.05) is 0 Å². The Bertz CT molecular complexity index is 2680. The second kappa shape index (κ2) is 19.4. The summed E-state index contributed by atoms with van der Waals surface area (Å²) in [5, 5.41) is 6.10. The maximum atomic E-state index is 13.5. The van der Waals surface area contributed by atoms with Crippen molar-refractivity contribution < 1.29 is 13.2 Å². The Morgan fingerprint density at radius 3 is 1.36 bits per heavy atom. The average Bonchev–Trinajstić information content (AvgIpc) is 3.23. The minimum absolute atomic E-state index is 0.00208. The number of alkyl halides is 3. The lowest BCUT2D eigenvalue weighted by molar-refractivity contribution is -0.134. The van der Waals surface area contributed by atoms with Gasteiger partial charge in [-0.3, -0.25) is 0 Å². The van der Waals surface area contributed by atoms with Crippen LogP contribution in [0.1, 0.15) is 105 Å². The Kier molecular flexibility index (Phi) is 13.9. The van der Waals surface area contributed by atoms with E-state index in [-0.39, 0.29) is 18.9 Å². The van der Waals surface area contributed by atoms with Crippen LogP contribution in [-0.4, -0.2) is 19.3 Å². The molecule has 1 N–H and O–H groups in total. The van der Waals surface area contributed by atoms with Crippen molar-refractivity contribution in [1.29, 1.82) is 0 Å². The van der Waals surface area contributed by atoms with E-state index in [1.165, 1.54) is 44.6 Å². The predicted molar refractivity (Wildman–Crippen MR) is 267 cm³/mol. The van der Waals surface area contributed by atoms with Gasteiger partial charge in [0.1, 0.15) is 0 Å². The molecule has 0 aliphatic carbocycles. The van der Waals surface area contributed by atoms with Gasteiger partial charge in [-0.2, -0.15) is 13.2 Å². The van der Waals surface area contributed by atoms with Gasteiger partial charge in [-0.05, 0) is 161 Å². The van der Waals surface area contributed by atoms with Crippen LogP contribution in [0.25, 0.3) is 10.8 Å². The molecule has 0 aliphatic heterocycles. The fourth-order valence-corrected chi connectivity index (χ4v) is 10.1. The number of nitrogens with zero attached hydrogens (tertiary/aromatic N) is 2. The molecular weight excluding hydrogens is 796 g/mol. The zero-order valence-corrected chi connectivity index (χ0v) is 39.4. The molecule has 0 aromatic heterocycles. The van der Waals surface area contributed by atoms with Gasteiger partial charge in [0.25, 0.3) is 0 Å². The third-order valence-corrected chi connectivity index (χ3v) is 12.7. The van der Waals surface area contributed by atoms with Crippen LogP contribution >= 0.6 is 0 Å². The lowest BCUT2D eigenvalue weighted by Crippen LogP contribution is -2.22. The summed E-state index contributed by atoms with van der Waals surface area (Å²) < 4.78 is 40.5. The first kappa shape index (κ1) is 46.0. The van der Waals surface area contributed by atoms with Crippen molar-refractivity contribution in [2.24, 2.45) is 0 Å². The Morgan fingerprint density at radius 1 is 0.500 bits per heavy atom. The highest BCUT2D eigenvalue weighted by Gasteiger charge is 2.28. The average molecular weight is 860 g/mol. The zero-order valence-electron chi connectivity index (χ0n) is 39.4. The lowest BCUT2D eigenvalue weighted by atomic mass is 9.82. The van der Waals surface area contributed by atoms with E-state index in [2.05, 4.69) is 206 Å². The van der Waals surface area contributed by atoms with Crippen LogP contribution in [0.3, 0.4) is 0 Å². The van der Waals surface area contributed by atoms with Crippen molar-refractivity contribution in [2.75, 3.05) is 28.2 Å². The number of benzene rings is 7. The van der Waals surface area contributed by atoms with Crippen molar-refractivity contribution >= 4 is 44.9 Å². The molecule has 0 spiro atoms. The molecule has 0 aliphatic rings. The molecule has 0 radical (unpaired) electrons. The molecule has 0 saturated heterocycles. The first-order valence-electron chi connectivity index (χ1n) is 22.9. The topological polar surface area (TPSA) is 18.5 Å². The second-order valence-corrected chi connectivity index (χ2v) is 18.1. The van der Waals surface area contributed by atoms with E-state index in [9.17, 15) is 13.2 Å². The van der Waals surface area contributed by atoms with E-state index < -0.39 is 12.6 Å². The molecule has 332 valence electrons. The van der Waals surface area contributed by atoms with Crippen LogP contribution in [0.5, 0.6) is 0 Å². The van der Waals surface area contributed by atoms with E-state index >= 15 is 0 Å². The van der Waals surface area contributed by atoms with Crippen LogP contribution in [0, 0.1) is 62.3 Å². The number of fused-ring (bicyclic) bond motifs is 1. The van der Waals surface area contributed by atoms with Gasteiger partial charge in [-0.1, -0.05) is 121 Å². The minimum Gasteiger partial charge on any atom is -0.355 e. The molecule has 7 aromatic rings. The molecule has 0 heterocycles. The van der Waals surface area contributed by atoms with Gasteiger partial charge in [0, 0.05) is 64.9 Å². The molecule has 1 atom stereocenters. The highest BCUT2D eigenvalue weighted by molar-refractivity contribution is 5.98. The number of hydrogen-bond donors (Lipinski definition) is 1. The maximum Gasteiger partial charge on any atom is 0.389 e. The van der Waals surface area contributed by atoms with Crippen LogP contribution in [0.2, 0.25) is 0 Å². The summed E-state index contributed by atoms with van der Waals surface area (Å²) in [6, 6.07) is 44.0. The molecule has 7 rings (SSSR count). The number of halogens is 3. The Balaban J connectivity index is 1.36. The van der Waals surface area contributed by atoms with Crippen molar-refractivity contribution in [1.82, 2.24) is 0 Å². The smallest absolute Gasteiger partial charge is 0.355 e. The summed E-state index contributed by atoms with van der Waals surface area (Å²) in [7, 11) is 0. The van der Waals surface area contributed by atoms with Gasteiger partial charge in [0.05, 0.1) is 0 Å². The normalized spacial score (nSPS) is 12.1. The van der Waals surface area contributed by atoms with Crippen molar-refractivity contribution in [3.8, 4) is 0 Å². The minimum atomic E-state index is -4.22. The Hall–Kier alpha value is -6.01. The molecular formula is C58H64F3N3. The van der Waals surface area contributed by atoms with Gasteiger partial charge >= 0.3 is 6.18 Å². The molecule has 64 heavy (non-hydrogen) atoms. The zero-order chi connectivity index (χ0) is 45.9. The van der Waals surface area contributed by atoms with E-state index in [1.54, 1.807) is 0 Å². The predicted octanol–water partition coefficient (Wildman–Crippen LogP) is 17.0. The molecule has 1 unspecified atom stereocenters. The van der Waals surface area contributed by atoms with Crippen molar-refractivity contribution in [3.63, 3.8) is 0 Å². The number of rotatable bonds is 15. The molecule has 0 saturated carbocycles. The largest absolute Gasteiger partial charge is 0.389 e. The molecule has 0 bridgehead atoms.